The molecule has 0 aliphatic rings. The smallest absolute Gasteiger partial charge is 0.134 e. The average Bonchev–Trinajstić information content (AvgIpc) is 2.11. The maximum absolute atomic E-state index is 10.4. The summed E-state index contributed by atoms with van der Waals surface area (Å²) in [6.07, 6.45) is 1.37. The molecule has 1 atom stereocenters. The summed E-state index contributed by atoms with van der Waals surface area (Å²) >= 11 is 5.79. The fourth-order valence-corrected chi connectivity index (χ4v) is 1.66. The van der Waals surface area contributed by atoms with Crippen LogP contribution in [0.4, 0.5) is 0 Å². The van der Waals surface area contributed by atoms with E-state index in [1.807, 2.05) is 13.8 Å². The molecule has 2 nitrogen and oxygen atoms in total. The summed E-state index contributed by atoms with van der Waals surface area (Å²) in [5.41, 5.74) is 1.97. The van der Waals surface area contributed by atoms with Crippen LogP contribution in [0.1, 0.15) is 30.4 Å². The Morgan fingerprint density at radius 2 is 2.21 bits per heavy atom. The minimum Gasteiger partial charge on any atom is -0.506 e. The highest BCUT2D eigenvalue weighted by Crippen LogP contribution is 2.31. The van der Waals surface area contributed by atoms with Crippen LogP contribution in [0, 0.1) is 6.92 Å². The molecule has 0 saturated carbocycles. The SMILES string of the molecule is Cc1cc(O)c(Cl)cc1C(C)CC=O. The first-order valence-electron chi connectivity index (χ1n) is 4.49. The predicted octanol–water partition coefficient (Wildman–Crippen LogP) is 3.05. The number of phenols is 1. The minimum absolute atomic E-state index is 0.0891. The second-order valence-electron chi connectivity index (χ2n) is 3.46. The highest BCUT2D eigenvalue weighted by Gasteiger charge is 2.10. The maximum atomic E-state index is 10.4. The molecule has 0 amide bonds. The molecule has 0 fully saturated rings. The number of benzene rings is 1. The van der Waals surface area contributed by atoms with Crippen molar-refractivity contribution in [2.24, 2.45) is 0 Å². The zero-order valence-corrected chi connectivity index (χ0v) is 9.01. The topological polar surface area (TPSA) is 37.3 Å². The number of aryl methyl sites for hydroxylation is 1. The van der Waals surface area contributed by atoms with E-state index in [9.17, 15) is 9.90 Å². The summed E-state index contributed by atoms with van der Waals surface area (Å²) in [6, 6.07) is 3.35. The molecule has 0 bridgehead atoms. The van der Waals surface area contributed by atoms with Crippen molar-refractivity contribution in [3.05, 3.63) is 28.3 Å². The van der Waals surface area contributed by atoms with Gasteiger partial charge in [-0.2, -0.15) is 0 Å². The van der Waals surface area contributed by atoms with E-state index in [-0.39, 0.29) is 11.7 Å². The molecule has 3 heteroatoms. The molecule has 0 saturated heterocycles. The largest absolute Gasteiger partial charge is 0.506 e. The number of rotatable bonds is 3. The fourth-order valence-electron chi connectivity index (χ4n) is 1.48. The molecule has 1 rings (SSSR count). The summed E-state index contributed by atoms with van der Waals surface area (Å²) in [7, 11) is 0. The van der Waals surface area contributed by atoms with Crippen molar-refractivity contribution in [2.45, 2.75) is 26.2 Å². The molecule has 1 unspecified atom stereocenters. The molecule has 0 aliphatic heterocycles. The number of aldehydes is 1. The second-order valence-corrected chi connectivity index (χ2v) is 3.87. The number of aromatic hydroxyl groups is 1. The third-order valence-corrected chi connectivity index (χ3v) is 2.62. The summed E-state index contributed by atoms with van der Waals surface area (Å²) in [4.78, 5) is 10.4. The normalized spacial score (nSPS) is 12.5. The van der Waals surface area contributed by atoms with Gasteiger partial charge in [-0.25, -0.2) is 0 Å². The molecule has 0 aliphatic carbocycles. The lowest BCUT2D eigenvalue weighted by molar-refractivity contribution is -0.108. The first-order chi connectivity index (χ1) is 6.56. The fraction of sp³-hybridized carbons (Fsp3) is 0.364. The summed E-state index contributed by atoms with van der Waals surface area (Å²) < 4.78 is 0. The third-order valence-electron chi connectivity index (χ3n) is 2.32. The van der Waals surface area contributed by atoms with Crippen molar-refractivity contribution in [3.63, 3.8) is 0 Å². The Balaban J connectivity index is 3.08. The van der Waals surface area contributed by atoms with Gasteiger partial charge in [0.05, 0.1) is 5.02 Å². The molecule has 1 N–H and O–H groups in total. The minimum atomic E-state index is 0.0891. The summed E-state index contributed by atoms with van der Waals surface area (Å²) in [5.74, 6) is 0.233. The van der Waals surface area contributed by atoms with E-state index in [1.165, 1.54) is 0 Å². The van der Waals surface area contributed by atoms with E-state index < -0.39 is 0 Å². The van der Waals surface area contributed by atoms with Crippen LogP contribution in [-0.4, -0.2) is 11.4 Å². The molecule has 0 aromatic heterocycles. The van der Waals surface area contributed by atoms with E-state index in [0.717, 1.165) is 17.4 Å². The van der Waals surface area contributed by atoms with Gasteiger partial charge >= 0.3 is 0 Å². The molecular formula is C11H13ClO2. The molecule has 1 aromatic rings. The van der Waals surface area contributed by atoms with Gasteiger partial charge in [-0.3, -0.25) is 0 Å². The van der Waals surface area contributed by atoms with Gasteiger partial charge in [-0.05, 0) is 36.1 Å². The van der Waals surface area contributed by atoms with E-state index in [2.05, 4.69) is 0 Å². The number of halogens is 1. The van der Waals surface area contributed by atoms with E-state index in [0.29, 0.717) is 11.4 Å². The number of carbonyl (C=O) groups is 1. The highest BCUT2D eigenvalue weighted by molar-refractivity contribution is 6.32. The Kier molecular flexibility index (Phi) is 3.53. The third kappa shape index (κ3) is 2.26. The number of hydrogen-bond donors (Lipinski definition) is 1. The Hall–Kier alpha value is -1.02. The van der Waals surface area contributed by atoms with Crippen LogP contribution in [0.5, 0.6) is 5.75 Å². The molecule has 0 spiro atoms. The van der Waals surface area contributed by atoms with Gasteiger partial charge in [0.2, 0.25) is 0 Å². The quantitative estimate of drug-likeness (QED) is 0.782. The van der Waals surface area contributed by atoms with Gasteiger partial charge in [0, 0.05) is 6.42 Å². The van der Waals surface area contributed by atoms with Crippen molar-refractivity contribution >= 4 is 17.9 Å². The average molecular weight is 213 g/mol. The first-order valence-corrected chi connectivity index (χ1v) is 4.86. The van der Waals surface area contributed by atoms with Crippen LogP contribution in [-0.2, 0) is 4.79 Å². The van der Waals surface area contributed by atoms with Crippen molar-refractivity contribution in [2.75, 3.05) is 0 Å². The lowest BCUT2D eigenvalue weighted by Gasteiger charge is -2.12. The van der Waals surface area contributed by atoms with Crippen molar-refractivity contribution in [1.82, 2.24) is 0 Å². The van der Waals surface area contributed by atoms with Gasteiger partial charge in [-0.15, -0.1) is 0 Å². The molecule has 0 radical (unpaired) electrons. The zero-order valence-electron chi connectivity index (χ0n) is 8.25. The number of carbonyl (C=O) groups excluding carboxylic acids is 1. The molecule has 76 valence electrons. The van der Waals surface area contributed by atoms with Gasteiger partial charge in [-0.1, -0.05) is 18.5 Å². The van der Waals surface area contributed by atoms with Crippen LogP contribution in [0.3, 0.4) is 0 Å². The first kappa shape index (κ1) is 11.1. The van der Waals surface area contributed by atoms with Crippen LogP contribution < -0.4 is 0 Å². The molecule has 0 heterocycles. The van der Waals surface area contributed by atoms with Crippen LogP contribution in [0.25, 0.3) is 0 Å². The molecule has 14 heavy (non-hydrogen) atoms. The van der Waals surface area contributed by atoms with Crippen molar-refractivity contribution in [3.8, 4) is 5.75 Å². The Morgan fingerprint density at radius 3 is 2.79 bits per heavy atom. The Labute approximate surface area is 88.5 Å². The Morgan fingerprint density at radius 1 is 1.57 bits per heavy atom. The number of phenolic OH excluding ortho intramolecular Hbond substituents is 1. The second kappa shape index (κ2) is 4.47. The van der Waals surface area contributed by atoms with Gasteiger partial charge < -0.3 is 9.90 Å². The zero-order chi connectivity index (χ0) is 10.7. The van der Waals surface area contributed by atoms with E-state index in [4.69, 9.17) is 11.6 Å². The molecular weight excluding hydrogens is 200 g/mol. The van der Waals surface area contributed by atoms with Crippen LogP contribution in [0.2, 0.25) is 5.02 Å². The molecule has 1 aromatic carbocycles. The monoisotopic (exact) mass is 212 g/mol. The van der Waals surface area contributed by atoms with Gasteiger partial charge in [0.15, 0.2) is 0 Å². The lowest BCUT2D eigenvalue weighted by atomic mass is 9.94. The standard InChI is InChI=1S/C11H13ClO2/c1-7(3-4-13)9-6-10(12)11(14)5-8(9)2/h4-7,14H,3H2,1-2H3. The van der Waals surface area contributed by atoms with E-state index in [1.54, 1.807) is 12.1 Å². The highest BCUT2D eigenvalue weighted by atomic mass is 35.5. The van der Waals surface area contributed by atoms with Crippen molar-refractivity contribution < 1.29 is 9.90 Å². The van der Waals surface area contributed by atoms with Gasteiger partial charge in [0.25, 0.3) is 0 Å². The Bertz CT molecular complexity index is 347. The van der Waals surface area contributed by atoms with Gasteiger partial charge in [0.1, 0.15) is 12.0 Å². The van der Waals surface area contributed by atoms with Crippen LogP contribution in [0.15, 0.2) is 12.1 Å². The van der Waals surface area contributed by atoms with E-state index >= 15 is 0 Å². The summed E-state index contributed by atoms with van der Waals surface area (Å²) in [6.45, 7) is 3.86. The van der Waals surface area contributed by atoms with Crippen molar-refractivity contribution in [1.29, 1.82) is 0 Å². The lowest BCUT2D eigenvalue weighted by Crippen LogP contribution is -1.97. The summed E-state index contributed by atoms with van der Waals surface area (Å²) in [5, 5.41) is 9.67. The maximum Gasteiger partial charge on any atom is 0.134 e. The van der Waals surface area contributed by atoms with Crippen LogP contribution >= 0.6 is 11.6 Å². The predicted molar refractivity (Wildman–Crippen MR) is 56.9 cm³/mol. The number of hydrogen-bond acceptors (Lipinski definition) is 2.